The van der Waals surface area contributed by atoms with Crippen LogP contribution in [0, 0.1) is 0 Å². The molecule has 0 aromatic carbocycles. The van der Waals surface area contributed by atoms with E-state index >= 15 is 0 Å². The molecule has 1 fully saturated rings. The van der Waals surface area contributed by atoms with Crippen LogP contribution in [0.3, 0.4) is 0 Å². The van der Waals surface area contributed by atoms with Crippen molar-refractivity contribution in [1.82, 2.24) is 5.32 Å². The SMILES string of the molecule is CCC1O[C@H](OP(=O)(O)O)C(NC(C)=O)[C@@H](OC(C)=O)[C@@H]1OC(C)=O. The van der Waals surface area contributed by atoms with E-state index in [1.165, 1.54) is 0 Å². The number of phosphoric acid groups is 1. The smallest absolute Gasteiger partial charge is 0.456 e. The minimum atomic E-state index is -4.98. The standard InChI is InChI=1S/C13H22NO10P/c1-5-9-11(21-7(3)16)12(22-8(4)17)10(14-6(2)15)13(23-9)24-25(18,19)20/h9-13H,5H2,1-4H3,(H,14,15)(H2,18,19,20)/t9?,10?,11-,12-,13-/m1/s1. The molecule has 2 unspecified atom stereocenters. The molecule has 1 saturated heterocycles. The number of esters is 2. The molecular formula is C13H22NO10P. The predicted molar refractivity (Wildman–Crippen MR) is 80.8 cm³/mol. The first-order valence-electron chi connectivity index (χ1n) is 7.45. The number of rotatable bonds is 6. The Balaban J connectivity index is 3.28. The number of hydrogen-bond donors (Lipinski definition) is 3. The minimum Gasteiger partial charge on any atom is -0.456 e. The fourth-order valence-corrected chi connectivity index (χ4v) is 2.96. The lowest BCUT2D eigenvalue weighted by Crippen LogP contribution is -2.65. The number of carbonyl (C=O) groups is 3. The molecule has 0 aromatic heterocycles. The van der Waals surface area contributed by atoms with Crippen LogP contribution in [0.2, 0.25) is 0 Å². The third kappa shape index (κ3) is 6.71. The van der Waals surface area contributed by atoms with E-state index in [1.807, 2.05) is 0 Å². The largest absolute Gasteiger partial charge is 0.472 e. The maximum Gasteiger partial charge on any atom is 0.472 e. The molecule has 0 radical (unpaired) electrons. The van der Waals surface area contributed by atoms with Crippen LogP contribution >= 0.6 is 7.82 Å². The highest BCUT2D eigenvalue weighted by molar-refractivity contribution is 7.46. The van der Waals surface area contributed by atoms with Crippen molar-refractivity contribution in [2.45, 2.75) is 64.8 Å². The Morgan fingerprint density at radius 1 is 1.08 bits per heavy atom. The fraction of sp³-hybridized carbons (Fsp3) is 0.769. The van der Waals surface area contributed by atoms with Gasteiger partial charge in [0.15, 0.2) is 18.5 Å². The van der Waals surface area contributed by atoms with E-state index in [-0.39, 0.29) is 6.42 Å². The van der Waals surface area contributed by atoms with Crippen molar-refractivity contribution in [3.8, 4) is 0 Å². The molecule has 1 amide bonds. The molecule has 3 N–H and O–H groups in total. The van der Waals surface area contributed by atoms with Crippen LogP contribution in [0.5, 0.6) is 0 Å². The molecule has 0 aromatic rings. The van der Waals surface area contributed by atoms with Crippen LogP contribution in [-0.2, 0) is 37.7 Å². The molecule has 1 rings (SSSR count). The van der Waals surface area contributed by atoms with E-state index in [1.54, 1.807) is 6.92 Å². The van der Waals surface area contributed by atoms with E-state index in [4.69, 9.17) is 24.0 Å². The maximum absolute atomic E-state index is 11.5. The van der Waals surface area contributed by atoms with E-state index in [0.717, 1.165) is 20.8 Å². The van der Waals surface area contributed by atoms with Gasteiger partial charge in [0.2, 0.25) is 5.91 Å². The van der Waals surface area contributed by atoms with Crippen LogP contribution in [-0.4, -0.2) is 58.3 Å². The molecule has 0 bridgehead atoms. The third-order valence-electron chi connectivity index (χ3n) is 3.26. The molecule has 25 heavy (non-hydrogen) atoms. The third-order valence-corrected chi connectivity index (χ3v) is 3.75. The highest BCUT2D eigenvalue weighted by Crippen LogP contribution is 2.41. The molecule has 12 heteroatoms. The highest BCUT2D eigenvalue weighted by atomic mass is 31.2. The lowest BCUT2D eigenvalue weighted by molar-refractivity contribution is -0.253. The summed E-state index contributed by atoms with van der Waals surface area (Å²) in [6, 6.07) is -1.30. The zero-order chi connectivity index (χ0) is 19.4. The molecule has 5 atom stereocenters. The molecule has 0 saturated carbocycles. The van der Waals surface area contributed by atoms with Gasteiger partial charge < -0.3 is 29.3 Å². The first kappa shape index (κ1) is 21.5. The highest BCUT2D eigenvalue weighted by Gasteiger charge is 2.51. The summed E-state index contributed by atoms with van der Waals surface area (Å²) in [4.78, 5) is 52.4. The Kier molecular flexibility index (Phi) is 7.51. The summed E-state index contributed by atoms with van der Waals surface area (Å²) in [6.45, 7) is 5.06. The Labute approximate surface area is 144 Å². The van der Waals surface area contributed by atoms with Gasteiger partial charge in [0.25, 0.3) is 0 Å². The molecular weight excluding hydrogens is 361 g/mol. The van der Waals surface area contributed by atoms with Gasteiger partial charge in [-0.2, -0.15) is 0 Å². The van der Waals surface area contributed by atoms with Gasteiger partial charge in [0.1, 0.15) is 12.1 Å². The Morgan fingerprint density at radius 2 is 1.60 bits per heavy atom. The Bertz CT molecular complexity index is 561. The quantitative estimate of drug-likeness (QED) is 0.407. The summed E-state index contributed by atoms with van der Waals surface area (Å²) in [5, 5.41) is 2.36. The van der Waals surface area contributed by atoms with Gasteiger partial charge in [-0.3, -0.25) is 18.9 Å². The van der Waals surface area contributed by atoms with Crippen LogP contribution in [0.25, 0.3) is 0 Å². The number of amides is 1. The van der Waals surface area contributed by atoms with Crippen LogP contribution in [0.4, 0.5) is 0 Å². The molecule has 144 valence electrons. The predicted octanol–water partition coefficient (Wildman–Crippen LogP) is -0.401. The summed E-state index contributed by atoms with van der Waals surface area (Å²) in [5.41, 5.74) is 0. The summed E-state index contributed by atoms with van der Waals surface area (Å²) in [6.07, 6.45) is -4.61. The van der Waals surface area contributed by atoms with Crippen molar-refractivity contribution < 1.29 is 47.5 Å². The first-order chi connectivity index (χ1) is 11.4. The van der Waals surface area contributed by atoms with Gasteiger partial charge in [-0.05, 0) is 6.42 Å². The van der Waals surface area contributed by atoms with E-state index in [0.29, 0.717) is 0 Å². The second-order valence-corrected chi connectivity index (χ2v) is 6.61. The van der Waals surface area contributed by atoms with Crippen molar-refractivity contribution >= 4 is 25.7 Å². The van der Waals surface area contributed by atoms with Crippen LogP contribution in [0.1, 0.15) is 34.1 Å². The fourth-order valence-electron chi connectivity index (χ4n) is 2.51. The molecule has 0 spiro atoms. The summed E-state index contributed by atoms with van der Waals surface area (Å²) < 4.78 is 31.5. The molecule has 1 aliphatic rings. The summed E-state index contributed by atoms with van der Waals surface area (Å²) in [5.74, 6) is -2.02. The van der Waals surface area contributed by atoms with Crippen molar-refractivity contribution in [1.29, 1.82) is 0 Å². The normalized spacial score (nSPS) is 29.6. The maximum atomic E-state index is 11.5. The average Bonchev–Trinajstić information content (AvgIpc) is 2.42. The van der Waals surface area contributed by atoms with Crippen molar-refractivity contribution in [3.63, 3.8) is 0 Å². The summed E-state index contributed by atoms with van der Waals surface area (Å²) >= 11 is 0. The second-order valence-electron chi connectivity index (χ2n) is 5.42. The number of phosphoric ester groups is 1. The molecule has 1 heterocycles. The monoisotopic (exact) mass is 383 g/mol. The Morgan fingerprint density at radius 3 is 2.00 bits per heavy atom. The number of nitrogens with one attached hydrogen (secondary N) is 1. The molecule has 11 nitrogen and oxygen atoms in total. The van der Waals surface area contributed by atoms with E-state index < -0.39 is 56.3 Å². The van der Waals surface area contributed by atoms with Gasteiger partial charge in [-0.25, -0.2) is 4.57 Å². The second kappa shape index (κ2) is 8.72. The minimum absolute atomic E-state index is 0.253. The van der Waals surface area contributed by atoms with Crippen molar-refractivity contribution in [2.75, 3.05) is 0 Å². The van der Waals surface area contributed by atoms with Gasteiger partial charge >= 0.3 is 19.8 Å². The zero-order valence-corrected chi connectivity index (χ0v) is 15.1. The lowest BCUT2D eigenvalue weighted by Gasteiger charge is -2.44. The molecule has 1 aliphatic heterocycles. The van der Waals surface area contributed by atoms with E-state index in [2.05, 4.69) is 9.84 Å². The molecule has 0 aliphatic carbocycles. The Hall–Kier alpha value is -1.52. The number of hydrogen-bond acceptors (Lipinski definition) is 8. The van der Waals surface area contributed by atoms with Crippen LogP contribution < -0.4 is 5.32 Å². The first-order valence-corrected chi connectivity index (χ1v) is 8.98. The van der Waals surface area contributed by atoms with Crippen molar-refractivity contribution in [3.05, 3.63) is 0 Å². The summed E-state index contributed by atoms with van der Waals surface area (Å²) in [7, 11) is -4.98. The zero-order valence-electron chi connectivity index (χ0n) is 14.2. The van der Waals surface area contributed by atoms with Crippen molar-refractivity contribution in [2.24, 2.45) is 0 Å². The van der Waals surface area contributed by atoms with Gasteiger partial charge in [0, 0.05) is 20.8 Å². The van der Waals surface area contributed by atoms with Gasteiger partial charge in [-0.15, -0.1) is 0 Å². The number of ether oxygens (including phenoxy) is 3. The van der Waals surface area contributed by atoms with E-state index in [9.17, 15) is 18.9 Å². The van der Waals surface area contributed by atoms with Crippen LogP contribution in [0.15, 0.2) is 0 Å². The number of carbonyl (C=O) groups excluding carboxylic acids is 3. The van der Waals surface area contributed by atoms with Gasteiger partial charge in [0.05, 0.1) is 0 Å². The average molecular weight is 383 g/mol. The lowest BCUT2D eigenvalue weighted by atomic mass is 9.94. The topological polar surface area (TPSA) is 158 Å². The van der Waals surface area contributed by atoms with Gasteiger partial charge in [-0.1, -0.05) is 6.92 Å².